The van der Waals surface area contributed by atoms with Crippen molar-refractivity contribution < 1.29 is 4.74 Å². The predicted molar refractivity (Wildman–Crippen MR) is 76.9 cm³/mol. The Morgan fingerprint density at radius 3 is 2.79 bits per heavy atom. The van der Waals surface area contributed by atoms with Gasteiger partial charge in [-0.1, -0.05) is 0 Å². The Hall–Kier alpha value is -1.47. The first kappa shape index (κ1) is 14.0. The van der Waals surface area contributed by atoms with Crippen molar-refractivity contribution in [1.29, 1.82) is 0 Å². The molecule has 2 aromatic heterocycles. The average molecular weight is 326 g/mol. The molecule has 0 amide bonds. The molecular weight excluding hydrogens is 310 g/mol. The van der Waals surface area contributed by atoms with Gasteiger partial charge in [0.05, 0.1) is 28.5 Å². The number of rotatable bonds is 5. The zero-order valence-electron chi connectivity index (χ0n) is 11.1. The Bertz CT molecular complexity index is 569. The third-order valence-electron chi connectivity index (χ3n) is 2.65. The number of anilines is 1. The molecule has 0 bridgehead atoms. The van der Waals surface area contributed by atoms with Gasteiger partial charge in [0, 0.05) is 26.9 Å². The number of ether oxygens (including phenoxy) is 1. The highest BCUT2D eigenvalue weighted by molar-refractivity contribution is 9.10. The van der Waals surface area contributed by atoms with Crippen molar-refractivity contribution in [2.45, 2.75) is 20.1 Å². The molecule has 102 valence electrons. The first-order chi connectivity index (χ1) is 9.19. The van der Waals surface area contributed by atoms with E-state index in [1.165, 1.54) is 0 Å². The smallest absolute Gasteiger partial charge is 0.165 e. The summed E-state index contributed by atoms with van der Waals surface area (Å²) in [6.07, 6.45) is 3.70. The van der Waals surface area contributed by atoms with E-state index in [2.05, 4.69) is 36.3 Å². The molecule has 2 rings (SSSR count). The molecule has 0 saturated heterocycles. The van der Waals surface area contributed by atoms with Crippen molar-refractivity contribution in [3.8, 4) is 11.4 Å². The van der Waals surface area contributed by atoms with Crippen molar-refractivity contribution in [2.75, 3.05) is 19.5 Å². The van der Waals surface area contributed by atoms with Crippen molar-refractivity contribution >= 4 is 21.7 Å². The van der Waals surface area contributed by atoms with Gasteiger partial charge in [0.25, 0.3) is 0 Å². The first-order valence-corrected chi connectivity index (χ1v) is 6.74. The van der Waals surface area contributed by atoms with Gasteiger partial charge in [-0.25, -0.2) is 9.97 Å². The molecule has 0 aliphatic heterocycles. The van der Waals surface area contributed by atoms with E-state index in [0.29, 0.717) is 12.4 Å². The van der Waals surface area contributed by atoms with E-state index < -0.39 is 0 Å². The Labute approximate surface area is 120 Å². The van der Waals surface area contributed by atoms with Gasteiger partial charge in [-0.2, -0.15) is 5.10 Å². The largest absolute Gasteiger partial charge is 0.378 e. The van der Waals surface area contributed by atoms with Gasteiger partial charge < -0.3 is 10.1 Å². The standard InChI is InChI=1S/C12H16BrN5O/c1-4-18-6-8(5-15-18)11-16-9(7-19-3)10(13)12(14-2)17-11/h5-6H,4,7H2,1-3H3,(H,14,16,17). The van der Waals surface area contributed by atoms with Gasteiger partial charge in [0.15, 0.2) is 5.82 Å². The zero-order valence-corrected chi connectivity index (χ0v) is 12.7. The molecule has 0 aromatic carbocycles. The van der Waals surface area contributed by atoms with E-state index in [9.17, 15) is 0 Å². The van der Waals surface area contributed by atoms with Crippen molar-refractivity contribution in [3.05, 3.63) is 22.6 Å². The molecule has 0 aliphatic rings. The first-order valence-electron chi connectivity index (χ1n) is 5.95. The lowest BCUT2D eigenvalue weighted by Gasteiger charge is -2.09. The Morgan fingerprint density at radius 1 is 1.42 bits per heavy atom. The van der Waals surface area contributed by atoms with Crippen LogP contribution in [0.3, 0.4) is 0 Å². The summed E-state index contributed by atoms with van der Waals surface area (Å²) in [5.74, 6) is 1.38. The lowest BCUT2D eigenvalue weighted by atomic mass is 10.3. The molecule has 6 nitrogen and oxygen atoms in total. The summed E-state index contributed by atoms with van der Waals surface area (Å²) in [6.45, 7) is 3.28. The molecule has 0 saturated carbocycles. The van der Waals surface area contributed by atoms with Crippen LogP contribution in [-0.2, 0) is 17.9 Å². The highest BCUT2D eigenvalue weighted by Gasteiger charge is 2.13. The summed E-state index contributed by atoms with van der Waals surface area (Å²) in [5.41, 5.74) is 1.70. The second-order valence-corrected chi connectivity index (χ2v) is 4.72. The highest BCUT2D eigenvalue weighted by Crippen LogP contribution is 2.27. The Morgan fingerprint density at radius 2 is 2.21 bits per heavy atom. The third-order valence-corrected chi connectivity index (χ3v) is 3.49. The molecule has 7 heteroatoms. The Balaban J connectivity index is 2.47. The summed E-state index contributed by atoms with van der Waals surface area (Å²) < 4.78 is 7.82. The summed E-state index contributed by atoms with van der Waals surface area (Å²) in [5, 5.41) is 7.28. The number of nitrogens with one attached hydrogen (secondary N) is 1. The molecule has 0 fully saturated rings. The van der Waals surface area contributed by atoms with Crippen LogP contribution in [0, 0.1) is 0 Å². The summed E-state index contributed by atoms with van der Waals surface area (Å²) in [7, 11) is 3.46. The lowest BCUT2D eigenvalue weighted by Crippen LogP contribution is -2.04. The number of hydrogen-bond acceptors (Lipinski definition) is 5. The molecule has 0 aliphatic carbocycles. The van der Waals surface area contributed by atoms with Gasteiger partial charge >= 0.3 is 0 Å². The lowest BCUT2D eigenvalue weighted by molar-refractivity contribution is 0.181. The maximum Gasteiger partial charge on any atom is 0.165 e. The van der Waals surface area contributed by atoms with Crippen molar-refractivity contribution in [1.82, 2.24) is 19.7 Å². The Kier molecular flexibility index (Phi) is 4.49. The van der Waals surface area contributed by atoms with E-state index in [1.807, 2.05) is 24.9 Å². The minimum absolute atomic E-state index is 0.423. The van der Waals surface area contributed by atoms with E-state index >= 15 is 0 Å². The fraction of sp³-hybridized carbons (Fsp3) is 0.417. The van der Waals surface area contributed by atoms with Crippen LogP contribution in [0.2, 0.25) is 0 Å². The van der Waals surface area contributed by atoms with Crippen LogP contribution in [0.4, 0.5) is 5.82 Å². The van der Waals surface area contributed by atoms with Gasteiger partial charge in [0.2, 0.25) is 0 Å². The summed E-state index contributed by atoms with van der Waals surface area (Å²) in [4.78, 5) is 8.99. The number of hydrogen-bond donors (Lipinski definition) is 1. The van der Waals surface area contributed by atoms with E-state index in [4.69, 9.17) is 4.74 Å². The van der Waals surface area contributed by atoms with E-state index in [-0.39, 0.29) is 0 Å². The minimum Gasteiger partial charge on any atom is -0.378 e. The number of aryl methyl sites for hydroxylation is 1. The summed E-state index contributed by atoms with van der Waals surface area (Å²) in [6, 6.07) is 0. The highest BCUT2D eigenvalue weighted by atomic mass is 79.9. The van der Waals surface area contributed by atoms with Gasteiger partial charge in [-0.05, 0) is 22.9 Å². The summed E-state index contributed by atoms with van der Waals surface area (Å²) >= 11 is 3.48. The fourth-order valence-corrected chi connectivity index (χ4v) is 2.16. The van der Waals surface area contributed by atoms with Crippen molar-refractivity contribution in [2.24, 2.45) is 0 Å². The van der Waals surface area contributed by atoms with Gasteiger partial charge in [0.1, 0.15) is 5.82 Å². The van der Waals surface area contributed by atoms with Crippen LogP contribution < -0.4 is 5.32 Å². The van der Waals surface area contributed by atoms with Gasteiger partial charge in [-0.3, -0.25) is 4.68 Å². The number of aromatic nitrogens is 4. The monoisotopic (exact) mass is 325 g/mol. The maximum atomic E-state index is 5.16. The molecule has 0 radical (unpaired) electrons. The van der Waals surface area contributed by atoms with Crippen LogP contribution in [0.5, 0.6) is 0 Å². The van der Waals surface area contributed by atoms with Crippen LogP contribution in [0.25, 0.3) is 11.4 Å². The quantitative estimate of drug-likeness (QED) is 0.913. The molecule has 0 atom stereocenters. The van der Waals surface area contributed by atoms with Gasteiger partial charge in [-0.15, -0.1) is 0 Å². The minimum atomic E-state index is 0.423. The SMILES string of the molecule is CCn1cc(-c2nc(COC)c(Br)c(NC)n2)cn1. The number of halogens is 1. The molecule has 1 N–H and O–H groups in total. The van der Waals surface area contributed by atoms with Crippen LogP contribution in [-0.4, -0.2) is 33.9 Å². The zero-order chi connectivity index (χ0) is 13.8. The van der Waals surface area contributed by atoms with Crippen LogP contribution in [0.15, 0.2) is 16.9 Å². The maximum absolute atomic E-state index is 5.16. The molecule has 19 heavy (non-hydrogen) atoms. The normalized spacial score (nSPS) is 10.7. The fourth-order valence-electron chi connectivity index (χ4n) is 1.67. The van der Waals surface area contributed by atoms with E-state index in [1.54, 1.807) is 13.3 Å². The molecule has 2 aromatic rings. The number of nitrogens with zero attached hydrogens (tertiary/aromatic N) is 4. The third kappa shape index (κ3) is 2.93. The topological polar surface area (TPSA) is 64.9 Å². The van der Waals surface area contributed by atoms with Crippen LogP contribution >= 0.6 is 15.9 Å². The molecule has 0 unspecified atom stereocenters. The second-order valence-electron chi connectivity index (χ2n) is 3.92. The predicted octanol–water partition coefficient (Wildman–Crippen LogP) is 2.31. The average Bonchev–Trinajstić information content (AvgIpc) is 2.90. The van der Waals surface area contributed by atoms with E-state index in [0.717, 1.165) is 28.1 Å². The van der Waals surface area contributed by atoms with Crippen molar-refractivity contribution in [3.63, 3.8) is 0 Å². The number of methoxy groups -OCH3 is 1. The molecular formula is C12H16BrN5O. The van der Waals surface area contributed by atoms with Crippen LogP contribution in [0.1, 0.15) is 12.6 Å². The molecule has 0 spiro atoms. The second kappa shape index (κ2) is 6.12. The molecule has 2 heterocycles.